The summed E-state index contributed by atoms with van der Waals surface area (Å²) in [6.07, 6.45) is 0. The lowest BCUT2D eigenvalue weighted by atomic mass is 10.1. The molecule has 0 atom stereocenters. The molecule has 0 saturated heterocycles. The van der Waals surface area contributed by atoms with Gasteiger partial charge in [0.05, 0.1) is 34.7 Å². The van der Waals surface area contributed by atoms with E-state index in [9.17, 15) is 4.79 Å². The fraction of sp³-hybridized carbons (Fsp3) is 0.250. The fourth-order valence-electron chi connectivity index (χ4n) is 3.06. The lowest BCUT2D eigenvalue weighted by molar-refractivity contribution is 0.0976. The third-order valence-corrected chi connectivity index (χ3v) is 4.55. The van der Waals surface area contributed by atoms with Crippen molar-refractivity contribution in [3.8, 4) is 5.75 Å². The molecule has 0 radical (unpaired) electrons. The van der Waals surface area contributed by atoms with Crippen LogP contribution in [-0.4, -0.2) is 29.0 Å². The number of aromatic nitrogens is 2. The second kappa shape index (κ2) is 5.84. The average molecular weight is 333 g/mol. The van der Waals surface area contributed by atoms with Crippen LogP contribution >= 0.6 is 0 Å². The molecule has 4 rings (SSSR count). The molecule has 0 saturated carbocycles. The van der Waals surface area contributed by atoms with Gasteiger partial charge in [-0.2, -0.15) is 0 Å². The predicted molar refractivity (Wildman–Crippen MR) is 97.4 cm³/mol. The van der Waals surface area contributed by atoms with E-state index in [1.165, 1.54) is 0 Å². The summed E-state index contributed by atoms with van der Waals surface area (Å²) >= 11 is 0. The first-order chi connectivity index (χ1) is 12.0. The number of hydrogen-bond acceptors (Lipinski definition) is 4. The quantitative estimate of drug-likeness (QED) is 0.683. The van der Waals surface area contributed by atoms with Crippen LogP contribution in [0, 0.1) is 20.8 Å². The van der Waals surface area contributed by atoms with Crippen molar-refractivity contribution >= 4 is 22.6 Å². The van der Waals surface area contributed by atoms with Gasteiger partial charge in [0.2, 0.25) is 0 Å². The molecule has 1 aliphatic rings. The molecular formula is C20H19N3O2. The van der Waals surface area contributed by atoms with Crippen LogP contribution in [0.15, 0.2) is 36.4 Å². The van der Waals surface area contributed by atoms with Gasteiger partial charge < -0.3 is 9.64 Å². The Balaban J connectivity index is 1.76. The molecule has 1 amide bonds. The zero-order valence-electron chi connectivity index (χ0n) is 14.5. The largest absolute Gasteiger partial charge is 0.490 e. The highest BCUT2D eigenvalue weighted by atomic mass is 16.5. The maximum absolute atomic E-state index is 13.1. The number of nitrogens with zero attached hydrogens (tertiary/aromatic N) is 3. The number of carbonyl (C=O) groups excluding carboxylic acids is 1. The molecule has 0 aliphatic carbocycles. The van der Waals surface area contributed by atoms with Crippen LogP contribution in [0.2, 0.25) is 0 Å². The Hall–Kier alpha value is -2.95. The predicted octanol–water partition coefficient (Wildman–Crippen LogP) is 3.59. The van der Waals surface area contributed by atoms with E-state index in [2.05, 4.69) is 9.97 Å². The van der Waals surface area contributed by atoms with Crippen molar-refractivity contribution in [3.05, 3.63) is 58.9 Å². The Labute approximate surface area is 146 Å². The number of hydrogen-bond donors (Lipinski definition) is 0. The number of ether oxygens (including phenoxy) is 1. The van der Waals surface area contributed by atoms with Gasteiger partial charge in [-0.15, -0.1) is 0 Å². The molecule has 2 heterocycles. The summed E-state index contributed by atoms with van der Waals surface area (Å²) in [5.41, 5.74) is 5.86. The molecule has 5 nitrogen and oxygen atoms in total. The molecule has 3 aromatic rings. The van der Waals surface area contributed by atoms with Crippen molar-refractivity contribution in [3.63, 3.8) is 0 Å². The number of carbonyl (C=O) groups is 1. The van der Waals surface area contributed by atoms with E-state index >= 15 is 0 Å². The maximum atomic E-state index is 13.1. The molecule has 0 N–H and O–H groups in total. The molecule has 2 aromatic carbocycles. The molecule has 0 bridgehead atoms. The molecule has 126 valence electrons. The van der Waals surface area contributed by atoms with Gasteiger partial charge in [-0.3, -0.25) is 4.79 Å². The van der Waals surface area contributed by atoms with Crippen LogP contribution in [0.3, 0.4) is 0 Å². The third kappa shape index (κ3) is 2.71. The molecule has 5 heteroatoms. The normalized spacial score (nSPS) is 13.5. The second-order valence-corrected chi connectivity index (χ2v) is 6.37. The van der Waals surface area contributed by atoms with Crippen LogP contribution in [-0.2, 0) is 0 Å². The maximum Gasteiger partial charge on any atom is 0.258 e. The van der Waals surface area contributed by atoms with Crippen molar-refractivity contribution in [1.29, 1.82) is 0 Å². The topological polar surface area (TPSA) is 55.3 Å². The highest BCUT2D eigenvalue weighted by Gasteiger charge is 2.25. The molecule has 25 heavy (non-hydrogen) atoms. The monoisotopic (exact) mass is 333 g/mol. The molecule has 0 spiro atoms. The van der Waals surface area contributed by atoms with E-state index < -0.39 is 0 Å². The second-order valence-electron chi connectivity index (χ2n) is 6.37. The number of fused-ring (bicyclic) bond motifs is 2. The summed E-state index contributed by atoms with van der Waals surface area (Å²) in [4.78, 5) is 24.0. The first-order valence-electron chi connectivity index (χ1n) is 8.33. The lowest BCUT2D eigenvalue weighted by Crippen LogP contribution is -2.38. The summed E-state index contributed by atoms with van der Waals surface area (Å²) in [5.74, 6) is 0.703. The Morgan fingerprint density at radius 3 is 2.56 bits per heavy atom. The van der Waals surface area contributed by atoms with E-state index in [1.54, 1.807) is 4.90 Å². The minimum Gasteiger partial charge on any atom is -0.490 e. The van der Waals surface area contributed by atoms with Crippen LogP contribution in [0.5, 0.6) is 5.75 Å². The van der Waals surface area contributed by atoms with E-state index in [4.69, 9.17) is 4.74 Å². The summed E-state index contributed by atoms with van der Waals surface area (Å²) in [6, 6.07) is 11.4. The number of amides is 1. The number of anilines is 1. The van der Waals surface area contributed by atoms with Gasteiger partial charge in [0.25, 0.3) is 5.91 Å². The van der Waals surface area contributed by atoms with Crippen LogP contribution in [0.4, 0.5) is 5.69 Å². The van der Waals surface area contributed by atoms with Gasteiger partial charge >= 0.3 is 0 Å². The van der Waals surface area contributed by atoms with E-state index in [-0.39, 0.29) is 5.91 Å². The number of benzene rings is 2. The molecular weight excluding hydrogens is 314 g/mol. The van der Waals surface area contributed by atoms with Gasteiger partial charge in [0.1, 0.15) is 12.4 Å². The zero-order chi connectivity index (χ0) is 17.6. The minimum atomic E-state index is -0.0444. The Kier molecular flexibility index (Phi) is 3.64. The Morgan fingerprint density at radius 2 is 1.76 bits per heavy atom. The average Bonchev–Trinajstić information content (AvgIpc) is 2.61. The summed E-state index contributed by atoms with van der Waals surface area (Å²) in [7, 11) is 0. The lowest BCUT2D eigenvalue weighted by Gasteiger charge is -2.30. The molecule has 0 fully saturated rings. The zero-order valence-corrected chi connectivity index (χ0v) is 14.5. The summed E-state index contributed by atoms with van der Waals surface area (Å²) in [5, 5.41) is 0. The molecule has 1 aliphatic heterocycles. The number of aryl methyl sites for hydroxylation is 3. The number of rotatable bonds is 1. The summed E-state index contributed by atoms with van der Waals surface area (Å²) in [6.45, 7) is 6.90. The highest BCUT2D eigenvalue weighted by molar-refractivity contribution is 6.08. The smallest absolute Gasteiger partial charge is 0.258 e. The van der Waals surface area contributed by atoms with Gasteiger partial charge in [0.15, 0.2) is 0 Å². The van der Waals surface area contributed by atoms with Crippen molar-refractivity contribution < 1.29 is 9.53 Å². The van der Waals surface area contributed by atoms with Gasteiger partial charge in [0, 0.05) is 5.56 Å². The molecule has 1 aromatic heterocycles. The standard InChI is InChI=1S/C20H19N3O2/c1-12-4-7-19-18(10-12)23(8-9-25-19)20(24)15-5-6-16-17(11-15)22-14(3)13(2)21-16/h4-7,10-11H,8-9H2,1-3H3. The Bertz CT molecular complexity index is 998. The van der Waals surface area contributed by atoms with Gasteiger partial charge in [-0.1, -0.05) is 6.07 Å². The van der Waals surface area contributed by atoms with Crippen molar-refractivity contribution in [1.82, 2.24) is 9.97 Å². The third-order valence-electron chi connectivity index (χ3n) is 4.55. The van der Waals surface area contributed by atoms with Gasteiger partial charge in [-0.25, -0.2) is 9.97 Å². The minimum absolute atomic E-state index is 0.0444. The van der Waals surface area contributed by atoms with Crippen molar-refractivity contribution in [2.24, 2.45) is 0 Å². The fourth-order valence-corrected chi connectivity index (χ4v) is 3.06. The van der Waals surface area contributed by atoms with Crippen LogP contribution in [0.1, 0.15) is 27.3 Å². The van der Waals surface area contributed by atoms with Crippen LogP contribution < -0.4 is 9.64 Å². The first-order valence-corrected chi connectivity index (χ1v) is 8.33. The SMILES string of the molecule is Cc1ccc2c(c1)N(C(=O)c1ccc3nc(C)c(C)nc3c1)CCO2. The summed E-state index contributed by atoms with van der Waals surface area (Å²) < 4.78 is 5.68. The van der Waals surface area contributed by atoms with E-state index in [0.717, 1.165) is 39.4 Å². The highest BCUT2D eigenvalue weighted by Crippen LogP contribution is 2.33. The van der Waals surface area contributed by atoms with Crippen molar-refractivity contribution in [2.75, 3.05) is 18.1 Å². The first kappa shape index (κ1) is 15.6. The van der Waals surface area contributed by atoms with E-state index in [1.807, 2.05) is 57.2 Å². The van der Waals surface area contributed by atoms with Gasteiger partial charge in [-0.05, 0) is 56.7 Å². The molecule has 0 unspecified atom stereocenters. The van der Waals surface area contributed by atoms with E-state index in [0.29, 0.717) is 18.7 Å². The Morgan fingerprint density at radius 1 is 1.00 bits per heavy atom. The van der Waals surface area contributed by atoms with Crippen LogP contribution in [0.25, 0.3) is 11.0 Å². The van der Waals surface area contributed by atoms with Crippen molar-refractivity contribution in [2.45, 2.75) is 20.8 Å².